The number of carboxylic acids is 1. The van der Waals surface area contributed by atoms with Crippen LogP contribution in [-0.4, -0.2) is 34.3 Å². The Morgan fingerprint density at radius 2 is 2.19 bits per heavy atom. The molecule has 0 atom stereocenters. The number of para-hydroxylation sites is 1. The van der Waals surface area contributed by atoms with E-state index in [-0.39, 0.29) is 19.0 Å². The van der Waals surface area contributed by atoms with E-state index in [2.05, 4.69) is 0 Å². The summed E-state index contributed by atoms with van der Waals surface area (Å²) in [4.78, 5) is 20.6. The molecule has 0 radical (unpaired) electrons. The van der Waals surface area contributed by atoms with Gasteiger partial charge in [0.05, 0.1) is 11.5 Å². The predicted molar refractivity (Wildman–Crippen MR) is 52.6 cm³/mol. The third-order valence-corrected chi connectivity index (χ3v) is 1.76. The second-order valence-corrected chi connectivity index (χ2v) is 2.79. The van der Waals surface area contributed by atoms with Crippen LogP contribution in [0.25, 0.3) is 0 Å². The minimum Gasteiger partial charge on any atom is -0.484 e. The number of aliphatic hydroxyl groups excluding tert-OH is 1. The van der Waals surface area contributed by atoms with Gasteiger partial charge in [-0.05, 0) is 12.1 Å². The maximum absolute atomic E-state index is 10.7. The quantitative estimate of drug-likeness (QED) is 0.564. The molecule has 86 valence electrons. The zero-order chi connectivity index (χ0) is 12.1. The molecular formula is C9H9NO6. The lowest BCUT2D eigenvalue weighted by Crippen LogP contribution is -2.08. The lowest BCUT2D eigenvalue weighted by molar-refractivity contribution is -0.386. The second kappa shape index (κ2) is 5.08. The number of benzene rings is 1. The van der Waals surface area contributed by atoms with E-state index < -0.39 is 22.1 Å². The zero-order valence-electron chi connectivity index (χ0n) is 8.12. The topological polar surface area (TPSA) is 110 Å². The largest absolute Gasteiger partial charge is 0.484 e. The first kappa shape index (κ1) is 11.9. The first-order valence-electron chi connectivity index (χ1n) is 4.32. The predicted octanol–water partition coefficient (Wildman–Crippen LogP) is 0.664. The average molecular weight is 227 g/mol. The molecule has 2 N–H and O–H groups in total. The Labute approximate surface area is 90.0 Å². The van der Waals surface area contributed by atoms with Gasteiger partial charge in [-0.25, -0.2) is 4.79 Å². The standard InChI is InChI=1S/C9H9NO6/c11-4-5-16-7-3-1-2-6(9(12)13)8(7)10(14)15/h1-3,11H,4-5H2,(H,12,13). The summed E-state index contributed by atoms with van der Waals surface area (Å²) in [5.41, 5.74) is -1.05. The fourth-order valence-electron chi connectivity index (χ4n) is 1.16. The number of hydrogen-bond donors (Lipinski definition) is 2. The van der Waals surface area contributed by atoms with Gasteiger partial charge in [-0.1, -0.05) is 6.07 Å². The summed E-state index contributed by atoms with van der Waals surface area (Å²) < 4.78 is 4.88. The lowest BCUT2D eigenvalue weighted by Gasteiger charge is -2.06. The van der Waals surface area contributed by atoms with Gasteiger partial charge in [-0.3, -0.25) is 10.1 Å². The van der Waals surface area contributed by atoms with E-state index in [4.69, 9.17) is 14.9 Å². The Bertz CT molecular complexity index is 416. The third kappa shape index (κ3) is 2.45. The van der Waals surface area contributed by atoms with Crippen LogP contribution in [0.5, 0.6) is 5.75 Å². The summed E-state index contributed by atoms with van der Waals surface area (Å²) >= 11 is 0. The van der Waals surface area contributed by atoms with Crippen LogP contribution in [0, 0.1) is 10.1 Å². The number of carbonyl (C=O) groups is 1. The molecule has 7 nitrogen and oxygen atoms in total. The maximum atomic E-state index is 10.7. The van der Waals surface area contributed by atoms with Gasteiger partial charge in [0.1, 0.15) is 12.2 Å². The van der Waals surface area contributed by atoms with Crippen molar-refractivity contribution in [1.82, 2.24) is 0 Å². The summed E-state index contributed by atoms with van der Waals surface area (Å²) in [6.07, 6.45) is 0. The van der Waals surface area contributed by atoms with Crippen LogP contribution in [0.15, 0.2) is 18.2 Å². The van der Waals surface area contributed by atoms with Crippen LogP contribution >= 0.6 is 0 Å². The summed E-state index contributed by atoms with van der Waals surface area (Å²) in [5.74, 6) is -1.57. The first-order chi connectivity index (χ1) is 7.57. The number of nitro benzene ring substituents is 1. The molecule has 0 aromatic heterocycles. The molecular weight excluding hydrogens is 218 g/mol. The number of rotatable bonds is 5. The summed E-state index contributed by atoms with van der Waals surface area (Å²) in [7, 11) is 0. The molecule has 16 heavy (non-hydrogen) atoms. The molecule has 7 heteroatoms. The first-order valence-corrected chi connectivity index (χ1v) is 4.32. The second-order valence-electron chi connectivity index (χ2n) is 2.79. The van der Waals surface area contributed by atoms with Crippen molar-refractivity contribution in [2.75, 3.05) is 13.2 Å². The monoisotopic (exact) mass is 227 g/mol. The molecule has 0 amide bonds. The molecule has 0 aliphatic rings. The summed E-state index contributed by atoms with van der Waals surface area (Å²) in [6, 6.07) is 3.73. The summed E-state index contributed by atoms with van der Waals surface area (Å²) in [5, 5.41) is 28.0. The number of nitrogens with zero attached hydrogens (tertiary/aromatic N) is 1. The molecule has 0 aliphatic heterocycles. The molecule has 0 bridgehead atoms. The van der Waals surface area contributed by atoms with Crippen molar-refractivity contribution in [2.45, 2.75) is 0 Å². The zero-order valence-corrected chi connectivity index (χ0v) is 8.12. The molecule has 0 saturated carbocycles. The van der Waals surface area contributed by atoms with Crippen molar-refractivity contribution in [3.63, 3.8) is 0 Å². The number of aliphatic hydroxyl groups is 1. The molecule has 0 heterocycles. The fourth-order valence-corrected chi connectivity index (χ4v) is 1.16. The fraction of sp³-hybridized carbons (Fsp3) is 0.222. The highest BCUT2D eigenvalue weighted by Crippen LogP contribution is 2.30. The van der Waals surface area contributed by atoms with Crippen molar-refractivity contribution in [1.29, 1.82) is 0 Å². The Hall–Kier alpha value is -2.15. The minimum atomic E-state index is -1.40. The van der Waals surface area contributed by atoms with E-state index >= 15 is 0 Å². The van der Waals surface area contributed by atoms with E-state index in [1.807, 2.05) is 0 Å². The van der Waals surface area contributed by atoms with Gasteiger partial charge in [0.15, 0.2) is 5.75 Å². The average Bonchev–Trinajstić information content (AvgIpc) is 2.25. The van der Waals surface area contributed by atoms with Crippen LogP contribution in [0.3, 0.4) is 0 Å². The van der Waals surface area contributed by atoms with E-state index in [9.17, 15) is 14.9 Å². The van der Waals surface area contributed by atoms with Gasteiger partial charge >= 0.3 is 11.7 Å². The maximum Gasteiger partial charge on any atom is 0.342 e. The molecule has 0 unspecified atom stereocenters. The number of ether oxygens (including phenoxy) is 1. The van der Waals surface area contributed by atoms with Gasteiger partial charge in [0.25, 0.3) is 0 Å². The van der Waals surface area contributed by atoms with Crippen LogP contribution < -0.4 is 4.74 Å². The molecule has 0 fully saturated rings. The normalized spacial score (nSPS) is 9.81. The van der Waals surface area contributed by atoms with E-state index in [0.29, 0.717) is 0 Å². The molecule has 0 spiro atoms. The SMILES string of the molecule is O=C(O)c1cccc(OCCO)c1[N+](=O)[O-]. The van der Waals surface area contributed by atoms with Crippen molar-refractivity contribution < 1.29 is 24.7 Å². The van der Waals surface area contributed by atoms with Gasteiger partial charge in [0.2, 0.25) is 0 Å². The van der Waals surface area contributed by atoms with Gasteiger partial charge in [0, 0.05) is 0 Å². The minimum absolute atomic E-state index is 0.135. The molecule has 1 rings (SSSR count). The lowest BCUT2D eigenvalue weighted by atomic mass is 10.1. The highest BCUT2D eigenvalue weighted by Gasteiger charge is 2.25. The number of nitro groups is 1. The van der Waals surface area contributed by atoms with Crippen molar-refractivity contribution >= 4 is 11.7 Å². The van der Waals surface area contributed by atoms with Crippen molar-refractivity contribution in [3.8, 4) is 5.75 Å². The van der Waals surface area contributed by atoms with Crippen LogP contribution in [0.4, 0.5) is 5.69 Å². The Morgan fingerprint density at radius 3 is 2.69 bits per heavy atom. The molecule has 0 saturated heterocycles. The van der Waals surface area contributed by atoms with Gasteiger partial charge in [-0.2, -0.15) is 0 Å². The van der Waals surface area contributed by atoms with Gasteiger partial charge < -0.3 is 14.9 Å². The Morgan fingerprint density at radius 1 is 1.50 bits per heavy atom. The van der Waals surface area contributed by atoms with Crippen LogP contribution in [-0.2, 0) is 0 Å². The van der Waals surface area contributed by atoms with Crippen molar-refractivity contribution in [3.05, 3.63) is 33.9 Å². The van der Waals surface area contributed by atoms with Crippen LogP contribution in [0.1, 0.15) is 10.4 Å². The molecule has 0 aliphatic carbocycles. The molecule has 1 aromatic carbocycles. The van der Waals surface area contributed by atoms with E-state index in [1.165, 1.54) is 12.1 Å². The van der Waals surface area contributed by atoms with Crippen molar-refractivity contribution in [2.24, 2.45) is 0 Å². The van der Waals surface area contributed by atoms with Crippen LogP contribution in [0.2, 0.25) is 0 Å². The van der Waals surface area contributed by atoms with Gasteiger partial charge in [-0.15, -0.1) is 0 Å². The number of hydrogen-bond acceptors (Lipinski definition) is 5. The summed E-state index contributed by atoms with van der Waals surface area (Å²) in [6.45, 7) is -0.446. The van der Waals surface area contributed by atoms with E-state index in [0.717, 1.165) is 6.07 Å². The smallest absolute Gasteiger partial charge is 0.342 e. The third-order valence-electron chi connectivity index (χ3n) is 1.76. The number of carboxylic acid groups (broad SMARTS) is 1. The highest BCUT2D eigenvalue weighted by atomic mass is 16.6. The Kier molecular flexibility index (Phi) is 3.78. The number of aromatic carboxylic acids is 1. The Balaban J connectivity index is 3.21. The highest BCUT2D eigenvalue weighted by molar-refractivity contribution is 5.93. The van der Waals surface area contributed by atoms with E-state index in [1.54, 1.807) is 0 Å². The molecule has 1 aromatic rings.